The lowest BCUT2D eigenvalue weighted by Crippen LogP contribution is -2.23. The van der Waals surface area contributed by atoms with Crippen molar-refractivity contribution in [2.75, 3.05) is 13.2 Å². The van der Waals surface area contributed by atoms with Crippen molar-refractivity contribution in [3.63, 3.8) is 0 Å². The Hall–Kier alpha value is -1.97. The topological polar surface area (TPSA) is 34.5 Å². The number of benzene rings is 1. The summed E-state index contributed by atoms with van der Waals surface area (Å²) < 4.78 is 7.03. The fourth-order valence-electron chi connectivity index (χ4n) is 2.33. The number of cyclic esters (lactones) is 1. The first kappa shape index (κ1) is 10.2. The molecule has 1 saturated heterocycles. The molecule has 0 saturated carbocycles. The number of carbonyl (C=O) groups excluding carboxylic acids is 1. The maximum atomic E-state index is 11.4. The number of aromatic nitrogens is 1. The first-order chi connectivity index (χ1) is 8.25. The van der Waals surface area contributed by atoms with Gasteiger partial charge in [-0.1, -0.05) is 18.2 Å². The first-order valence-corrected chi connectivity index (χ1v) is 5.70. The van der Waals surface area contributed by atoms with Crippen molar-refractivity contribution in [2.45, 2.75) is 6.54 Å². The van der Waals surface area contributed by atoms with Gasteiger partial charge in [-0.25, -0.2) is 4.79 Å². The van der Waals surface area contributed by atoms with Gasteiger partial charge in [0, 0.05) is 24.1 Å². The van der Waals surface area contributed by atoms with Crippen LogP contribution in [-0.2, 0) is 18.3 Å². The van der Waals surface area contributed by atoms with Gasteiger partial charge in [0.05, 0.1) is 13.1 Å². The Labute approximate surface area is 99.4 Å². The molecular weight excluding hydrogens is 216 g/mol. The summed E-state index contributed by atoms with van der Waals surface area (Å²) in [6.45, 7) is 1.81. The molecule has 0 unspecified atom stereocenters. The van der Waals surface area contributed by atoms with Gasteiger partial charge in [-0.05, 0) is 11.6 Å². The summed E-state index contributed by atoms with van der Waals surface area (Å²) in [4.78, 5) is 13.2. The Morgan fingerprint density at radius 1 is 1.35 bits per heavy atom. The highest BCUT2D eigenvalue weighted by Gasteiger charge is 2.22. The van der Waals surface area contributed by atoms with Gasteiger partial charge < -0.3 is 14.2 Å². The standard InChI is InChI=1S/C13H14N2O2/c1-14-8-10(9-15-6-7-17-13(15)16)11-4-2-3-5-12(11)14/h2-5,8H,6-7,9H2,1H3. The summed E-state index contributed by atoms with van der Waals surface area (Å²) in [5.74, 6) is 0. The number of hydrogen-bond acceptors (Lipinski definition) is 2. The van der Waals surface area contributed by atoms with Crippen molar-refractivity contribution in [1.82, 2.24) is 9.47 Å². The maximum Gasteiger partial charge on any atom is 0.410 e. The van der Waals surface area contributed by atoms with Gasteiger partial charge in [0.15, 0.2) is 0 Å². The van der Waals surface area contributed by atoms with Crippen LogP contribution in [0.15, 0.2) is 30.5 Å². The molecule has 1 amide bonds. The third-order valence-electron chi connectivity index (χ3n) is 3.19. The molecule has 0 spiro atoms. The monoisotopic (exact) mass is 230 g/mol. The predicted molar refractivity (Wildman–Crippen MR) is 64.7 cm³/mol. The number of para-hydroxylation sites is 1. The van der Waals surface area contributed by atoms with Gasteiger partial charge in [0.2, 0.25) is 0 Å². The van der Waals surface area contributed by atoms with Gasteiger partial charge in [-0.3, -0.25) is 0 Å². The van der Waals surface area contributed by atoms with Crippen molar-refractivity contribution < 1.29 is 9.53 Å². The zero-order chi connectivity index (χ0) is 11.8. The average Bonchev–Trinajstić information content (AvgIpc) is 2.87. The molecule has 88 valence electrons. The van der Waals surface area contributed by atoms with Crippen molar-refractivity contribution in [3.05, 3.63) is 36.0 Å². The van der Waals surface area contributed by atoms with E-state index in [0.717, 1.165) is 0 Å². The predicted octanol–water partition coefficient (Wildman–Crippen LogP) is 2.13. The van der Waals surface area contributed by atoms with Crippen LogP contribution in [0.5, 0.6) is 0 Å². The molecule has 0 radical (unpaired) electrons. The third-order valence-corrected chi connectivity index (χ3v) is 3.19. The van der Waals surface area contributed by atoms with E-state index in [9.17, 15) is 4.79 Å². The summed E-state index contributed by atoms with van der Waals surface area (Å²) >= 11 is 0. The van der Waals surface area contributed by atoms with Gasteiger partial charge in [-0.15, -0.1) is 0 Å². The molecule has 0 N–H and O–H groups in total. The second-order valence-corrected chi connectivity index (χ2v) is 4.32. The number of fused-ring (bicyclic) bond motifs is 1. The van der Waals surface area contributed by atoms with Gasteiger partial charge in [0.25, 0.3) is 0 Å². The molecule has 0 bridgehead atoms. The van der Waals surface area contributed by atoms with E-state index in [0.29, 0.717) is 19.7 Å². The molecule has 1 aliphatic rings. The lowest BCUT2D eigenvalue weighted by molar-refractivity contribution is 0.157. The van der Waals surface area contributed by atoms with Crippen molar-refractivity contribution in [2.24, 2.45) is 7.05 Å². The third kappa shape index (κ3) is 1.65. The lowest BCUT2D eigenvalue weighted by atomic mass is 10.1. The van der Waals surface area contributed by atoms with E-state index in [4.69, 9.17) is 4.74 Å². The highest BCUT2D eigenvalue weighted by Crippen LogP contribution is 2.22. The Kier molecular flexibility index (Phi) is 2.28. The molecule has 1 aromatic heterocycles. The number of rotatable bonds is 2. The van der Waals surface area contributed by atoms with Crippen LogP contribution in [0, 0.1) is 0 Å². The summed E-state index contributed by atoms with van der Waals surface area (Å²) in [5.41, 5.74) is 2.36. The molecule has 1 fully saturated rings. The largest absolute Gasteiger partial charge is 0.448 e. The smallest absolute Gasteiger partial charge is 0.410 e. The minimum Gasteiger partial charge on any atom is -0.448 e. The Bertz CT molecular complexity index is 574. The molecule has 0 atom stereocenters. The highest BCUT2D eigenvalue weighted by atomic mass is 16.6. The van der Waals surface area contributed by atoms with E-state index < -0.39 is 0 Å². The molecule has 3 rings (SSSR count). The second-order valence-electron chi connectivity index (χ2n) is 4.32. The zero-order valence-corrected chi connectivity index (χ0v) is 9.72. The van der Waals surface area contributed by atoms with E-state index >= 15 is 0 Å². The minimum atomic E-state index is -0.210. The molecule has 2 heterocycles. The van der Waals surface area contributed by atoms with Gasteiger partial charge in [0.1, 0.15) is 6.61 Å². The SMILES string of the molecule is Cn1cc(CN2CCOC2=O)c2ccccc21. The molecule has 4 heteroatoms. The number of hydrogen-bond donors (Lipinski definition) is 0. The number of nitrogens with zero attached hydrogens (tertiary/aromatic N) is 2. The molecule has 1 aromatic carbocycles. The Morgan fingerprint density at radius 2 is 2.18 bits per heavy atom. The van der Waals surface area contributed by atoms with Crippen LogP contribution in [0.25, 0.3) is 10.9 Å². The van der Waals surface area contributed by atoms with Gasteiger partial charge >= 0.3 is 6.09 Å². The minimum absolute atomic E-state index is 0.210. The zero-order valence-electron chi connectivity index (χ0n) is 9.72. The summed E-state index contributed by atoms with van der Waals surface area (Å²) in [7, 11) is 2.02. The quantitative estimate of drug-likeness (QED) is 0.792. The van der Waals surface area contributed by atoms with Crippen LogP contribution in [0.4, 0.5) is 4.79 Å². The summed E-state index contributed by atoms with van der Waals surface area (Å²) in [6.07, 6.45) is 1.87. The normalized spacial score (nSPS) is 15.6. The highest BCUT2D eigenvalue weighted by molar-refractivity contribution is 5.84. The fourth-order valence-corrected chi connectivity index (χ4v) is 2.33. The Balaban J connectivity index is 1.97. The van der Waals surface area contributed by atoms with Crippen LogP contribution >= 0.6 is 0 Å². The molecule has 17 heavy (non-hydrogen) atoms. The molecule has 4 nitrogen and oxygen atoms in total. The lowest BCUT2D eigenvalue weighted by Gasteiger charge is -2.11. The first-order valence-electron chi connectivity index (χ1n) is 5.70. The number of ether oxygens (including phenoxy) is 1. The molecule has 0 aliphatic carbocycles. The fraction of sp³-hybridized carbons (Fsp3) is 0.308. The second kappa shape index (κ2) is 3.80. The maximum absolute atomic E-state index is 11.4. The van der Waals surface area contributed by atoms with Crippen molar-refractivity contribution in [1.29, 1.82) is 0 Å². The number of amides is 1. The summed E-state index contributed by atoms with van der Waals surface area (Å²) in [5, 5.41) is 1.20. The number of carbonyl (C=O) groups is 1. The Morgan fingerprint density at radius 3 is 2.94 bits per heavy atom. The van der Waals surface area contributed by atoms with Crippen molar-refractivity contribution >= 4 is 17.0 Å². The molecule has 2 aromatic rings. The van der Waals surface area contributed by atoms with Crippen LogP contribution < -0.4 is 0 Å². The summed E-state index contributed by atoms with van der Waals surface area (Å²) in [6, 6.07) is 8.22. The van der Waals surface area contributed by atoms with Crippen LogP contribution in [0.2, 0.25) is 0 Å². The van der Waals surface area contributed by atoms with Crippen molar-refractivity contribution in [3.8, 4) is 0 Å². The molecular formula is C13H14N2O2. The van der Waals surface area contributed by atoms with E-state index in [2.05, 4.69) is 22.9 Å². The van der Waals surface area contributed by atoms with E-state index in [-0.39, 0.29) is 6.09 Å². The van der Waals surface area contributed by atoms with E-state index in [1.54, 1.807) is 4.90 Å². The number of aryl methyl sites for hydroxylation is 1. The van der Waals surface area contributed by atoms with Crippen LogP contribution in [0.1, 0.15) is 5.56 Å². The van der Waals surface area contributed by atoms with E-state index in [1.165, 1.54) is 16.5 Å². The molecule has 1 aliphatic heterocycles. The van der Waals surface area contributed by atoms with Crippen LogP contribution in [-0.4, -0.2) is 28.7 Å². The van der Waals surface area contributed by atoms with Crippen LogP contribution in [0.3, 0.4) is 0 Å². The van der Waals surface area contributed by atoms with E-state index in [1.807, 2.05) is 19.2 Å². The van der Waals surface area contributed by atoms with Gasteiger partial charge in [-0.2, -0.15) is 0 Å². The average molecular weight is 230 g/mol.